The van der Waals surface area contributed by atoms with Crippen molar-refractivity contribution in [3.05, 3.63) is 29.3 Å². The molecule has 1 aromatic rings. The second kappa shape index (κ2) is 4.47. The molecule has 0 fully saturated rings. The number of rotatable bonds is 3. The molecule has 0 amide bonds. The Balaban J connectivity index is 2.21. The summed E-state index contributed by atoms with van der Waals surface area (Å²) in [6.07, 6.45) is 4.28. The molecule has 0 atom stereocenters. The van der Waals surface area contributed by atoms with Crippen LogP contribution in [-0.2, 0) is 12.8 Å². The SMILES string of the molecule is OCCCc1cccc2c1CCCN2. The Bertz CT molecular complexity index is 309. The van der Waals surface area contributed by atoms with Crippen molar-refractivity contribution >= 4 is 5.69 Å². The van der Waals surface area contributed by atoms with Crippen molar-refractivity contribution in [1.29, 1.82) is 0 Å². The van der Waals surface area contributed by atoms with Gasteiger partial charge in [-0.1, -0.05) is 12.1 Å². The Morgan fingerprint density at radius 1 is 1.36 bits per heavy atom. The number of hydrogen-bond donors (Lipinski definition) is 2. The smallest absolute Gasteiger partial charge is 0.0434 e. The predicted octanol–water partition coefficient (Wildman–Crippen LogP) is 1.97. The highest BCUT2D eigenvalue weighted by Gasteiger charge is 2.11. The average Bonchev–Trinajstić information content (AvgIpc) is 2.26. The third kappa shape index (κ3) is 1.90. The van der Waals surface area contributed by atoms with Gasteiger partial charge in [0, 0.05) is 18.8 Å². The first-order valence-corrected chi connectivity index (χ1v) is 5.37. The highest BCUT2D eigenvalue weighted by atomic mass is 16.2. The highest BCUT2D eigenvalue weighted by molar-refractivity contribution is 5.56. The summed E-state index contributed by atoms with van der Waals surface area (Å²) < 4.78 is 0. The maximum atomic E-state index is 8.82. The molecule has 0 aromatic heterocycles. The van der Waals surface area contributed by atoms with Crippen molar-refractivity contribution in [3.63, 3.8) is 0 Å². The Morgan fingerprint density at radius 3 is 3.14 bits per heavy atom. The Hall–Kier alpha value is -1.02. The molecule has 2 nitrogen and oxygen atoms in total. The Morgan fingerprint density at radius 2 is 2.29 bits per heavy atom. The van der Waals surface area contributed by atoms with Gasteiger partial charge in [-0.15, -0.1) is 0 Å². The van der Waals surface area contributed by atoms with Crippen LogP contribution in [-0.4, -0.2) is 18.3 Å². The number of aliphatic hydroxyl groups excluding tert-OH is 1. The van der Waals surface area contributed by atoms with Crippen molar-refractivity contribution in [2.45, 2.75) is 25.7 Å². The Kier molecular flexibility index (Phi) is 3.04. The minimum atomic E-state index is 0.289. The van der Waals surface area contributed by atoms with Gasteiger partial charge in [-0.2, -0.15) is 0 Å². The van der Waals surface area contributed by atoms with Crippen LogP contribution in [0.15, 0.2) is 18.2 Å². The zero-order valence-corrected chi connectivity index (χ0v) is 8.42. The molecular weight excluding hydrogens is 174 g/mol. The van der Waals surface area contributed by atoms with E-state index in [0.717, 1.165) is 19.4 Å². The minimum absolute atomic E-state index is 0.289. The van der Waals surface area contributed by atoms with Crippen LogP contribution in [0.3, 0.4) is 0 Å². The first kappa shape index (κ1) is 9.53. The van der Waals surface area contributed by atoms with Gasteiger partial charge >= 0.3 is 0 Å². The van der Waals surface area contributed by atoms with Crippen LogP contribution < -0.4 is 5.32 Å². The molecule has 1 heterocycles. The molecule has 0 aliphatic carbocycles. The van der Waals surface area contributed by atoms with E-state index in [9.17, 15) is 0 Å². The van der Waals surface area contributed by atoms with Gasteiger partial charge in [0.2, 0.25) is 0 Å². The fourth-order valence-electron chi connectivity index (χ4n) is 2.09. The van der Waals surface area contributed by atoms with Gasteiger partial charge in [0.25, 0.3) is 0 Å². The second-order valence-corrected chi connectivity index (χ2v) is 3.80. The topological polar surface area (TPSA) is 32.3 Å². The van der Waals surface area contributed by atoms with Gasteiger partial charge in [0.05, 0.1) is 0 Å². The number of nitrogens with one attached hydrogen (secondary N) is 1. The second-order valence-electron chi connectivity index (χ2n) is 3.80. The van der Waals surface area contributed by atoms with Gasteiger partial charge in [-0.25, -0.2) is 0 Å². The molecule has 1 aromatic carbocycles. The fourth-order valence-corrected chi connectivity index (χ4v) is 2.09. The van der Waals surface area contributed by atoms with E-state index in [1.54, 1.807) is 0 Å². The maximum absolute atomic E-state index is 8.82. The molecule has 2 rings (SSSR count). The summed E-state index contributed by atoms with van der Waals surface area (Å²) in [4.78, 5) is 0. The number of aliphatic hydroxyl groups is 1. The largest absolute Gasteiger partial charge is 0.396 e. The van der Waals surface area contributed by atoms with Crippen LogP contribution in [0.25, 0.3) is 0 Å². The molecule has 0 saturated carbocycles. The van der Waals surface area contributed by atoms with Crippen LogP contribution in [0, 0.1) is 0 Å². The average molecular weight is 191 g/mol. The molecule has 14 heavy (non-hydrogen) atoms. The third-order valence-electron chi connectivity index (χ3n) is 2.80. The molecule has 2 N–H and O–H groups in total. The number of hydrogen-bond acceptors (Lipinski definition) is 2. The lowest BCUT2D eigenvalue weighted by atomic mass is 9.95. The summed E-state index contributed by atoms with van der Waals surface area (Å²) in [7, 11) is 0. The number of benzene rings is 1. The molecule has 0 saturated heterocycles. The van der Waals surface area contributed by atoms with Crippen molar-refractivity contribution < 1.29 is 5.11 Å². The monoisotopic (exact) mass is 191 g/mol. The molecule has 0 bridgehead atoms. The van der Waals surface area contributed by atoms with E-state index in [4.69, 9.17) is 5.11 Å². The zero-order valence-electron chi connectivity index (χ0n) is 8.42. The van der Waals surface area contributed by atoms with Crippen LogP contribution in [0.2, 0.25) is 0 Å². The first-order chi connectivity index (χ1) is 6.92. The van der Waals surface area contributed by atoms with E-state index in [-0.39, 0.29) is 6.61 Å². The van der Waals surface area contributed by atoms with E-state index in [1.807, 2.05) is 0 Å². The normalized spacial score (nSPS) is 14.6. The quantitative estimate of drug-likeness (QED) is 0.765. The van der Waals surface area contributed by atoms with Crippen molar-refractivity contribution in [2.75, 3.05) is 18.5 Å². The summed E-state index contributed by atoms with van der Waals surface area (Å²) >= 11 is 0. The zero-order chi connectivity index (χ0) is 9.80. The lowest BCUT2D eigenvalue weighted by molar-refractivity contribution is 0.288. The maximum Gasteiger partial charge on any atom is 0.0434 e. The number of aryl methyl sites for hydroxylation is 1. The first-order valence-electron chi connectivity index (χ1n) is 5.37. The van der Waals surface area contributed by atoms with E-state index >= 15 is 0 Å². The molecule has 1 aliphatic rings. The molecule has 2 heteroatoms. The van der Waals surface area contributed by atoms with Crippen LogP contribution in [0.1, 0.15) is 24.0 Å². The highest BCUT2D eigenvalue weighted by Crippen LogP contribution is 2.25. The molecule has 76 valence electrons. The number of fused-ring (bicyclic) bond motifs is 1. The molecule has 1 aliphatic heterocycles. The van der Waals surface area contributed by atoms with Crippen molar-refractivity contribution in [3.8, 4) is 0 Å². The van der Waals surface area contributed by atoms with Crippen LogP contribution in [0.5, 0.6) is 0 Å². The molecule has 0 radical (unpaired) electrons. The minimum Gasteiger partial charge on any atom is -0.396 e. The van der Waals surface area contributed by atoms with Gasteiger partial charge in [-0.05, 0) is 42.9 Å². The lowest BCUT2D eigenvalue weighted by Gasteiger charge is -2.20. The van der Waals surface area contributed by atoms with E-state index in [2.05, 4.69) is 23.5 Å². The molecule has 0 spiro atoms. The third-order valence-corrected chi connectivity index (χ3v) is 2.80. The predicted molar refractivity (Wildman–Crippen MR) is 58.7 cm³/mol. The fraction of sp³-hybridized carbons (Fsp3) is 0.500. The van der Waals surface area contributed by atoms with Crippen LogP contribution in [0.4, 0.5) is 5.69 Å². The van der Waals surface area contributed by atoms with Gasteiger partial charge in [0.15, 0.2) is 0 Å². The summed E-state index contributed by atoms with van der Waals surface area (Å²) in [6.45, 7) is 1.38. The lowest BCUT2D eigenvalue weighted by Crippen LogP contribution is -2.13. The standard InChI is InChI=1S/C12H17NO/c14-9-3-5-10-4-1-7-12-11(10)6-2-8-13-12/h1,4,7,13-14H,2-3,5-6,8-9H2. The summed E-state index contributed by atoms with van der Waals surface area (Å²) in [6, 6.07) is 6.43. The molecule has 0 unspecified atom stereocenters. The van der Waals surface area contributed by atoms with Gasteiger partial charge < -0.3 is 10.4 Å². The Labute approximate surface area is 85.0 Å². The van der Waals surface area contributed by atoms with E-state index in [1.165, 1.54) is 29.7 Å². The van der Waals surface area contributed by atoms with Gasteiger partial charge in [-0.3, -0.25) is 0 Å². The van der Waals surface area contributed by atoms with E-state index in [0.29, 0.717) is 0 Å². The van der Waals surface area contributed by atoms with Crippen LogP contribution >= 0.6 is 0 Å². The van der Waals surface area contributed by atoms with Crippen molar-refractivity contribution in [1.82, 2.24) is 0 Å². The summed E-state index contributed by atoms with van der Waals surface area (Å²) in [5.74, 6) is 0. The van der Waals surface area contributed by atoms with Gasteiger partial charge in [0.1, 0.15) is 0 Å². The summed E-state index contributed by atoms with van der Waals surface area (Å²) in [5, 5.41) is 12.2. The van der Waals surface area contributed by atoms with Crippen molar-refractivity contribution in [2.24, 2.45) is 0 Å². The molecular formula is C12H17NO. The number of anilines is 1. The van der Waals surface area contributed by atoms with E-state index < -0.39 is 0 Å². The summed E-state index contributed by atoms with van der Waals surface area (Å²) in [5.41, 5.74) is 4.17.